The lowest BCUT2D eigenvalue weighted by Crippen LogP contribution is -2.16. The molecule has 0 aliphatic heterocycles. The van der Waals surface area contributed by atoms with Gasteiger partial charge in [0, 0.05) is 18.1 Å². The van der Waals surface area contributed by atoms with Crippen LogP contribution in [0.3, 0.4) is 0 Å². The van der Waals surface area contributed by atoms with Gasteiger partial charge in [0.25, 0.3) is 0 Å². The lowest BCUT2D eigenvalue weighted by atomic mass is 9.95. The highest BCUT2D eigenvalue weighted by atomic mass is 31.2. The average molecular weight is 507 g/mol. The number of aromatic nitrogens is 1. The molecular formula is C29H32FN2O3P. The zero-order valence-corrected chi connectivity index (χ0v) is 21.3. The first-order chi connectivity index (χ1) is 17.3. The molecule has 0 aliphatic carbocycles. The predicted octanol–water partition coefficient (Wildman–Crippen LogP) is 6.18. The van der Waals surface area contributed by atoms with Gasteiger partial charge in [0.2, 0.25) is 0 Å². The molecule has 0 amide bonds. The van der Waals surface area contributed by atoms with Crippen molar-refractivity contribution >= 4 is 18.5 Å². The van der Waals surface area contributed by atoms with E-state index in [4.69, 9.17) is 9.79 Å². The molecule has 0 aliphatic rings. The lowest BCUT2D eigenvalue weighted by Gasteiger charge is -2.13. The number of hydrogen-bond acceptors (Lipinski definition) is 3. The molecule has 36 heavy (non-hydrogen) atoms. The van der Waals surface area contributed by atoms with E-state index in [-0.39, 0.29) is 12.0 Å². The molecule has 0 atom stereocenters. The standard InChI is InChI=1S/C29H32FN2O3P/c1-21-6-2-7-22(18-21)8-3-9-23-11-12-24(19-28(23)30)26-14-13-25(29-27(26)10-4-16-32-29)20-31-15-5-17-36(33,34)35/h2,4,6-7,10-14,16,18-19,31H,3,5,8-9,15,17,20H2,1H3,(H2,33,34,35). The molecule has 0 radical (unpaired) electrons. The Hall–Kier alpha value is -2.89. The van der Waals surface area contributed by atoms with Crippen LogP contribution in [-0.4, -0.2) is 27.5 Å². The zero-order valence-electron chi connectivity index (χ0n) is 20.5. The Labute approximate surface area is 211 Å². The Bertz CT molecular complexity index is 1390. The van der Waals surface area contributed by atoms with Crippen LogP contribution in [0.4, 0.5) is 4.39 Å². The van der Waals surface area contributed by atoms with Crippen molar-refractivity contribution in [3.8, 4) is 11.1 Å². The fourth-order valence-corrected chi connectivity index (χ4v) is 5.10. The highest BCUT2D eigenvalue weighted by Gasteiger charge is 2.13. The van der Waals surface area contributed by atoms with Crippen molar-refractivity contribution in [1.29, 1.82) is 0 Å². The zero-order chi connectivity index (χ0) is 25.5. The van der Waals surface area contributed by atoms with E-state index < -0.39 is 7.60 Å². The largest absolute Gasteiger partial charge is 0.325 e. The molecule has 7 heteroatoms. The number of nitrogens with zero attached hydrogens (tertiary/aromatic N) is 1. The molecule has 4 aromatic rings. The summed E-state index contributed by atoms with van der Waals surface area (Å²) in [6.07, 6.45) is 4.50. The lowest BCUT2D eigenvalue weighted by molar-refractivity contribution is 0.371. The Morgan fingerprint density at radius 1 is 0.944 bits per heavy atom. The molecular weight excluding hydrogens is 474 g/mol. The second-order valence-corrected chi connectivity index (χ2v) is 11.0. The Morgan fingerprint density at radius 3 is 2.56 bits per heavy atom. The molecule has 0 saturated carbocycles. The molecule has 0 bridgehead atoms. The number of pyridine rings is 1. The molecule has 4 rings (SSSR count). The smallest absolute Gasteiger partial charge is 0.324 e. The third-order valence-corrected chi connectivity index (χ3v) is 7.23. The monoisotopic (exact) mass is 506 g/mol. The molecule has 0 saturated heterocycles. The van der Waals surface area contributed by atoms with Gasteiger partial charge >= 0.3 is 7.60 Å². The van der Waals surface area contributed by atoms with E-state index in [1.807, 2.05) is 36.4 Å². The number of aryl methyl sites for hydroxylation is 3. The van der Waals surface area contributed by atoms with Gasteiger partial charge in [0.05, 0.1) is 11.7 Å². The summed E-state index contributed by atoms with van der Waals surface area (Å²) in [5.74, 6) is -0.190. The topological polar surface area (TPSA) is 82.5 Å². The minimum Gasteiger partial charge on any atom is -0.324 e. The highest BCUT2D eigenvalue weighted by molar-refractivity contribution is 7.51. The van der Waals surface area contributed by atoms with E-state index >= 15 is 4.39 Å². The van der Waals surface area contributed by atoms with E-state index in [9.17, 15) is 4.57 Å². The normalized spacial score (nSPS) is 11.8. The van der Waals surface area contributed by atoms with Crippen LogP contribution in [0.2, 0.25) is 0 Å². The average Bonchev–Trinajstić information content (AvgIpc) is 2.84. The summed E-state index contributed by atoms with van der Waals surface area (Å²) in [6.45, 7) is 3.11. The van der Waals surface area contributed by atoms with Crippen LogP contribution < -0.4 is 5.32 Å². The number of halogens is 1. The highest BCUT2D eigenvalue weighted by Crippen LogP contribution is 2.34. The van der Waals surface area contributed by atoms with Crippen molar-refractivity contribution in [2.45, 2.75) is 39.2 Å². The van der Waals surface area contributed by atoms with Crippen LogP contribution in [0.25, 0.3) is 22.0 Å². The van der Waals surface area contributed by atoms with Crippen molar-refractivity contribution in [3.05, 3.63) is 101 Å². The number of rotatable bonds is 11. The second-order valence-electron chi connectivity index (χ2n) is 9.24. The minimum absolute atomic E-state index is 0.134. The number of fused-ring (bicyclic) bond motifs is 1. The third kappa shape index (κ3) is 7.08. The van der Waals surface area contributed by atoms with Crippen LogP contribution in [0, 0.1) is 12.7 Å². The summed E-state index contributed by atoms with van der Waals surface area (Å²) in [6, 6.07) is 21.8. The van der Waals surface area contributed by atoms with Crippen LogP contribution in [-0.2, 0) is 24.0 Å². The van der Waals surface area contributed by atoms with Crippen molar-refractivity contribution in [2.24, 2.45) is 0 Å². The summed E-state index contributed by atoms with van der Waals surface area (Å²) in [5.41, 5.74) is 6.81. The van der Waals surface area contributed by atoms with Gasteiger partial charge in [-0.2, -0.15) is 0 Å². The first kappa shape index (κ1) is 26.2. The van der Waals surface area contributed by atoms with Crippen LogP contribution in [0.1, 0.15) is 35.1 Å². The maximum absolute atomic E-state index is 15.0. The molecule has 3 aromatic carbocycles. The third-order valence-electron chi connectivity index (χ3n) is 6.33. The van der Waals surface area contributed by atoms with Crippen molar-refractivity contribution in [3.63, 3.8) is 0 Å². The summed E-state index contributed by atoms with van der Waals surface area (Å²) < 4.78 is 26.1. The second kappa shape index (κ2) is 11.9. The van der Waals surface area contributed by atoms with Crippen molar-refractivity contribution in [2.75, 3.05) is 12.7 Å². The van der Waals surface area contributed by atoms with Crippen LogP contribution in [0.5, 0.6) is 0 Å². The minimum atomic E-state index is -3.97. The number of nitrogens with one attached hydrogen (secondary N) is 1. The first-order valence-electron chi connectivity index (χ1n) is 12.3. The Morgan fingerprint density at radius 2 is 1.78 bits per heavy atom. The van der Waals surface area contributed by atoms with Crippen molar-refractivity contribution < 1.29 is 18.7 Å². The molecule has 188 valence electrons. The van der Waals surface area contributed by atoms with Gasteiger partial charge in [-0.15, -0.1) is 0 Å². The number of hydrogen-bond donors (Lipinski definition) is 3. The van der Waals surface area contributed by atoms with E-state index in [2.05, 4.69) is 41.5 Å². The molecule has 1 heterocycles. The molecule has 0 fully saturated rings. The predicted molar refractivity (Wildman–Crippen MR) is 144 cm³/mol. The van der Waals surface area contributed by atoms with Gasteiger partial charge in [0.1, 0.15) is 5.82 Å². The van der Waals surface area contributed by atoms with Gasteiger partial charge in [-0.25, -0.2) is 4.39 Å². The quantitative estimate of drug-likeness (QED) is 0.167. The van der Waals surface area contributed by atoms with Gasteiger partial charge < -0.3 is 15.1 Å². The summed E-state index contributed by atoms with van der Waals surface area (Å²) >= 11 is 0. The number of benzene rings is 3. The molecule has 3 N–H and O–H groups in total. The summed E-state index contributed by atoms with van der Waals surface area (Å²) in [4.78, 5) is 22.6. The van der Waals surface area contributed by atoms with E-state index in [0.717, 1.165) is 46.0 Å². The van der Waals surface area contributed by atoms with E-state index in [0.29, 0.717) is 25.9 Å². The maximum Gasteiger partial charge on any atom is 0.325 e. The molecule has 1 aromatic heterocycles. The fourth-order valence-electron chi connectivity index (χ4n) is 4.53. The van der Waals surface area contributed by atoms with Gasteiger partial charge in [0.15, 0.2) is 0 Å². The Kier molecular flexibility index (Phi) is 8.65. The van der Waals surface area contributed by atoms with Crippen molar-refractivity contribution in [1.82, 2.24) is 10.3 Å². The SMILES string of the molecule is Cc1cccc(CCCc2ccc(-c3ccc(CNCCCP(=O)(O)O)c4ncccc34)cc2F)c1. The molecule has 0 unspecified atom stereocenters. The van der Waals surface area contributed by atoms with Crippen LogP contribution in [0.15, 0.2) is 72.9 Å². The summed E-state index contributed by atoms with van der Waals surface area (Å²) in [5, 5.41) is 4.18. The van der Waals surface area contributed by atoms with Gasteiger partial charge in [-0.05, 0) is 79.1 Å². The fraction of sp³-hybridized carbons (Fsp3) is 0.276. The molecule has 5 nitrogen and oxygen atoms in total. The van der Waals surface area contributed by atoms with E-state index in [1.54, 1.807) is 12.3 Å². The first-order valence-corrected chi connectivity index (χ1v) is 14.1. The summed E-state index contributed by atoms with van der Waals surface area (Å²) in [7, 11) is -3.97. The Balaban J connectivity index is 1.45. The molecule has 0 spiro atoms. The van der Waals surface area contributed by atoms with Crippen LogP contribution >= 0.6 is 7.60 Å². The van der Waals surface area contributed by atoms with E-state index in [1.165, 1.54) is 11.1 Å². The van der Waals surface area contributed by atoms with Gasteiger partial charge in [-0.1, -0.05) is 60.2 Å². The maximum atomic E-state index is 15.0. The van der Waals surface area contributed by atoms with Gasteiger partial charge in [-0.3, -0.25) is 9.55 Å².